The minimum absolute atomic E-state index is 0.0490. The highest BCUT2D eigenvalue weighted by molar-refractivity contribution is 6.30. The molecule has 1 aliphatic heterocycles. The van der Waals surface area contributed by atoms with Crippen LogP contribution in [0.5, 0.6) is 0 Å². The lowest BCUT2D eigenvalue weighted by Gasteiger charge is -2.36. The van der Waals surface area contributed by atoms with Gasteiger partial charge in [0.25, 0.3) is 0 Å². The molecule has 3 atom stereocenters. The smallest absolute Gasteiger partial charge is 0.319 e. The summed E-state index contributed by atoms with van der Waals surface area (Å²) >= 11 is 5.81. The van der Waals surface area contributed by atoms with Crippen LogP contribution in [0.15, 0.2) is 24.3 Å². The van der Waals surface area contributed by atoms with E-state index < -0.39 is 6.10 Å². The normalized spacial score (nSPS) is 24.9. The van der Waals surface area contributed by atoms with Crippen molar-refractivity contribution < 1.29 is 19.4 Å². The van der Waals surface area contributed by atoms with Gasteiger partial charge in [-0.2, -0.15) is 0 Å². The quantitative estimate of drug-likeness (QED) is 0.569. The lowest BCUT2D eigenvalue weighted by molar-refractivity contribution is -0.129. The number of carbonyl (C=O) groups is 2. The van der Waals surface area contributed by atoms with Gasteiger partial charge in [-0.1, -0.05) is 11.6 Å². The minimum atomic E-state index is -0.394. The Labute approximate surface area is 163 Å². The van der Waals surface area contributed by atoms with Crippen LogP contribution in [0, 0.1) is 5.92 Å². The summed E-state index contributed by atoms with van der Waals surface area (Å²) in [6.45, 7) is 0.331. The fraction of sp³-hybridized carbons (Fsp3) is 0.579. The molecule has 2 fully saturated rings. The van der Waals surface area contributed by atoms with Gasteiger partial charge in [0.15, 0.2) is 0 Å². The molecule has 7 nitrogen and oxygen atoms in total. The number of hydrogen-bond acceptors (Lipinski definition) is 4. The lowest BCUT2D eigenvalue weighted by atomic mass is 9.97. The van der Waals surface area contributed by atoms with Gasteiger partial charge < -0.3 is 25.8 Å². The molecule has 0 aromatic heterocycles. The van der Waals surface area contributed by atoms with Gasteiger partial charge in [0.1, 0.15) is 6.10 Å². The van der Waals surface area contributed by atoms with Crippen LogP contribution < -0.4 is 16.0 Å². The standard InChI is InChI=1S/C19H26ClN3O4/c20-13-3-5-14(6-4-13)22-19(26)21-10-9-15-7-8-16(17(11-24)27-15)23-18(25)12-1-2-12/h3-6,12,15-17,24H,1-2,7-11H2,(H,23,25)(H2,21,22,26)/t15-,16+,17-/m1/s1. The van der Waals surface area contributed by atoms with E-state index in [2.05, 4.69) is 16.0 Å². The van der Waals surface area contributed by atoms with Crippen LogP contribution >= 0.6 is 11.6 Å². The highest BCUT2D eigenvalue weighted by Gasteiger charge is 2.36. The summed E-state index contributed by atoms with van der Waals surface area (Å²) < 4.78 is 5.91. The fourth-order valence-corrected chi connectivity index (χ4v) is 3.34. The molecule has 1 saturated carbocycles. The van der Waals surface area contributed by atoms with E-state index in [1.54, 1.807) is 24.3 Å². The van der Waals surface area contributed by atoms with E-state index in [0.717, 1.165) is 25.7 Å². The Kier molecular flexibility index (Phi) is 6.93. The molecule has 1 aromatic rings. The Morgan fingerprint density at radius 3 is 2.56 bits per heavy atom. The van der Waals surface area contributed by atoms with E-state index in [9.17, 15) is 14.7 Å². The van der Waals surface area contributed by atoms with Gasteiger partial charge >= 0.3 is 6.03 Å². The first kappa shape index (κ1) is 19.9. The third-order valence-electron chi connectivity index (χ3n) is 4.93. The number of benzene rings is 1. The molecule has 0 spiro atoms. The summed E-state index contributed by atoms with van der Waals surface area (Å²) in [5.74, 6) is 0.214. The number of ether oxygens (including phenoxy) is 1. The van der Waals surface area contributed by atoms with E-state index >= 15 is 0 Å². The fourth-order valence-electron chi connectivity index (χ4n) is 3.21. The van der Waals surface area contributed by atoms with Crippen molar-refractivity contribution >= 4 is 29.2 Å². The number of aliphatic hydroxyl groups excluding tert-OH is 1. The molecule has 1 aliphatic carbocycles. The number of anilines is 1. The first-order chi connectivity index (χ1) is 13.0. The molecule has 0 bridgehead atoms. The van der Waals surface area contributed by atoms with Crippen LogP contribution in [0.25, 0.3) is 0 Å². The number of aliphatic hydroxyl groups is 1. The van der Waals surface area contributed by atoms with Crippen molar-refractivity contribution in [2.24, 2.45) is 5.92 Å². The minimum Gasteiger partial charge on any atom is -0.394 e. The van der Waals surface area contributed by atoms with E-state index in [-0.39, 0.29) is 36.6 Å². The largest absolute Gasteiger partial charge is 0.394 e. The van der Waals surface area contributed by atoms with Crippen molar-refractivity contribution in [1.29, 1.82) is 0 Å². The average molecular weight is 396 g/mol. The maximum atomic E-state index is 11.9. The van der Waals surface area contributed by atoms with Crippen molar-refractivity contribution in [2.75, 3.05) is 18.5 Å². The lowest BCUT2D eigenvalue weighted by Crippen LogP contribution is -2.51. The summed E-state index contributed by atoms with van der Waals surface area (Å²) in [5.41, 5.74) is 0.667. The molecule has 4 N–H and O–H groups in total. The molecule has 0 radical (unpaired) electrons. The second-order valence-electron chi connectivity index (χ2n) is 7.12. The van der Waals surface area contributed by atoms with Gasteiger partial charge in [0.2, 0.25) is 5.91 Å². The Balaban J connectivity index is 1.36. The molecular formula is C19H26ClN3O4. The van der Waals surface area contributed by atoms with Gasteiger partial charge in [-0.3, -0.25) is 4.79 Å². The van der Waals surface area contributed by atoms with Crippen LogP contribution in [-0.2, 0) is 9.53 Å². The molecule has 148 valence electrons. The molecule has 0 unspecified atom stereocenters. The second kappa shape index (κ2) is 9.39. The molecule has 1 heterocycles. The van der Waals surface area contributed by atoms with Crippen LogP contribution in [0.1, 0.15) is 32.1 Å². The number of urea groups is 1. The summed E-state index contributed by atoms with van der Waals surface area (Å²) in [6.07, 6.45) is 3.66. The Morgan fingerprint density at radius 1 is 1.15 bits per heavy atom. The number of rotatable bonds is 7. The number of halogens is 1. The first-order valence-electron chi connectivity index (χ1n) is 9.42. The van der Waals surface area contributed by atoms with Crippen molar-refractivity contribution in [3.63, 3.8) is 0 Å². The number of hydrogen-bond donors (Lipinski definition) is 4. The summed E-state index contributed by atoms with van der Waals surface area (Å²) in [7, 11) is 0. The Hall–Kier alpha value is -1.83. The SMILES string of the molecule is O=C(NCC[C@H]1CC[C@H](NC(=O)C2CC2)[C@@H](CO)O1)Nc1ccc(Cl)cc1. The first-order valence-corrected chi connectivity index (χ1v) is 9.80. The molecule has 1 aromatic carbocycles. The predicted octanol–water partition coefficient (Wildman–Crippen LogP) is 2.29. The van der Waals surface area contributed by atoms with Crippen molar-refractivity contribution in [1.82, 2.24) is 10.6 Å². The van der Waals surface area contributed by atoms with Crippen molar-refractivity contribution in [3.8, 4) is 0 Å². The molecule has 1 saturated heterocycles. The zero-order valence-electron chi connectivity index (χ0n) is 15.1. The zero-order chi connectivity index (χ0) is 19.2. The molecule has 27 heavy (non-hydrogen) atoms. The molecule has 8 heteroatoms. The van der Waals surface area contributed by atoms with Crippen molar-refractivity contribution in [2.45, 2.75) is 50.4 Å². The van der Waals surface area contributed by atoms with Crippen molar-refractivity contribution in [3.05, 3.63) is 29.3 Å². The third kappa shape index (κ3) is 6.09. The highest BCUT2D eigenvalue weighted by Crippen LogP contribution is 2.30. The van der Waals surface area contributed by atoms with Gasteiger partial charge in [-0.15, -0.1) is 0 Å². The zero-order valence-corrected chi connectivity index (χ0v) is 15.9. The van der Waals surface area contributed by atoms with Gasteiger partial charge in [-0.05, 0) is 56.4 Å². The average Bonchev–Trinajstić information content (AvgIpc) is 3.50. The van der Waals surface area contributed by atoms with E-state index in [0.29, 0.717) is 23.7 Å². The summed E-state index contributed by atoms with van der Waals surface area (Å²) in [6, 6.07) is 6.45. The maximum Gasteiger partial charge on any atom is 0.319 e. The van der Waals surface area contributed by atoms with E-state index in [1.807, 2.05) is 0 Å². The topological polar surface area (TPSA) is 99.7 Å². The van der Waals surface area contributed by atoms with E-state index in [1.165, 1.54) is 0 Å². The molecular weight excluding hydrogens is 370 g/mol. The third-order valence-corrected chi connectivity index (χ3v) is 5.18. The van der Waals surface area contributed by atoms with Gasteiger partial charge in [0.05, 0.1) is 18.8 Å². The maximum absolute atomic E-state index is 11.9. The van der Waals surface area contributed by atoms with E-state index in [4.69, 9.17) is 16.3 Å². The summed E-state index contributed by atoms with van der Waals surface area (Å²) in [5, 5.41) is 18.7. The number of amides is 3. The van der Waals surface area contributed by atoms with Crippen LogP contribution in [0.4, 0.5) is 10.5 Å². The molecule has 3 amide bonds. The highest BCUT2D eigenvalue weighted by atomic mass is 35.5. The monoisotopic (exact) mass is 395 g/mol. The Morgan fingerprint density at radius 2 is 1.89 bits per heavy atom. The molecule has 3 rings (SSSR count). The molecule has 2 aliphatic rings. The van der Waals surface area contributed by atoms with Crippen LogP contribution in [0.2, 0.25) is 5.02 Å². The van der Waals surface area contributed by atoms with Gasteiger partial charge in [0, 0.05) is 23.2 Å². The van der Waals surface area contributed by atoms with Crippen LogP contribution in [0.3, 0.4) is 0 Å². The number of carbonyl (C=O) groups excluding carboxylic acids is 2. The Bertz CT molecular complexity index is 651. The predicted molar refractivity (Wildman–Crippen MR) is 103 cm³/mol. The number of nitrogens with one attached hydrogen (secondary N) is 3. The summed E-state index contributed by atoms with van der Waals surface area (Å²) in [4.78, 5) is 23.8. The van der Waals surface area contributed by atoms with Gasteiger partial charge in [-0.25, -0.2) is 4.79 Å². The van der Waals surface area contributed by atoms with Crippen LogP contribution in [-0.4, -0.2) is 48.4 Å². The second-order valence-corrected chi connectivity index (χ2v) is 7.56.